The summed E-state index contributed by atoms with van der Waals surface area (Å²) in [5.41, 5.74) is 4.92. The number of rotatable bonds is 5. The summed E-state index contributed by atoms with van der Waals surface area (Å²) in [6, 6.07) is 0. The fourth-order valence-corrected chi connectivity index (χ4v) is 2.41. The molecular weight excluding hydrogens is 268 g/mol. The van der Waals surface area contributed by atoms with Crippen LogP contribution >= 0.6 is 0 Å². The van der Waals surface area contributed by atoms with Crippen LogP contribution in [0.4, 0.5) is 8.78 Å². The summed E-state index contributed by atoms with van der Waals surface area (Å²) in [6.45, 7) is -0.521. The lowest BCUT2D eigenvalue weighted by Crippen LogP contribution is -2.48. The van der Waals surface area contributed by atoms with Crippen molar-refractivity contribution in [3.63, 3.8) is 0 Å². The second-order valence-corrected chi connectivity index (χ2v) is 5.68. The number of piperidine rings is 1. The van der Waals surface area contributed by atoms with E-state index in [4.69, 9.17) is 5.73 Å². The van der Waals surface area contributed by atoms with Crippen molar-refractivity contribution in [3.8, 4) is 0 Å². The number of hydrogen-bond acceptors (Lipinski definition) is 3. The first-order valence-electron chi connectivity index (χ1n) is 7.07. The van der Waals surface area contributed by atoms with Crippen molar-refractivity contribution >= 4 is 11.8 Å². The van der Waals surface area contributed by atoms with Gasteiger partial charge in [0.05, 0.1) is 19.0 Å². The summed E-state index contributed by atoms with van der Waals surface area (Å²) in [5, 5.41) is 2.24. The van der Waals surface area contributed by atoms with Gasteiger partial charge in [-0.15, -0.1) is 0 Å². The molecular formula is C13H21F2N3O2. The molecule has 0 aromatic rings. The Morgan fingerprint density at radius 1 is 1.25 bits per heavy atom. The zero-order valence-corrected chi connectivity index (χ0v) is 11.4. The van der Waals surface area contributed by atoms with Crippen molar-refractivity contribution in [2.24, 2.45) is 17.6 Å². The van der Waals surface area contributed by atoms with Gasteiger partial charge in [0, 0.05) is 19.0 Å². The van der Waals surface area contributed by atoms with E-state index < -0.39 is 24.9 Å². The Hall–Kier alpha value is -1.24. The van der Waals surface area contributed by atoms with Crippen LogP contribution in [0.5, 0.6) is 0 Å². The van der Waals surface area contributed by atoms with Gasteiger partial charge < -0.3 is 16.0 Å². The average molecular weight is 289 g/mol. The summed E-state index contributed by atoms with van der Waals surface area (Å²) in [5.74, 6) is -3.65. The van der Waals surface area contributed by atoms with Crippen LogP contribution in [0.15, 0.2) is 0 Å². The molecule has 2 rings (SSSR count). The van der Waals surface area contributed by atoms with E-state index in [-0.39, 0.29) is 17.7 Å². The molecule has 7 heteroatoms. The number of nitrogens with two attached hydrogens (primary N) is 1. The normalized spacial score (nSPS) is 23.6. The van der Waals surface area contributed by atoms with Crippen LogP contribution in [-0.4, -0.2) is 48.8 Å². The van der Waals surface area contributed by atoms with E-state index >= 15 is 0 Å². The number of likely N-dealkylation sites (tertiary alicyclic amines) is 1. The van der Waals surface area contributed by atoms with Gasteiger partial charge in [0.2, 0.25) is 11.8 Å². The Balaban J connectivity index is 1.82. The molecule has 2 fully saturated rings. The van der Waals surface area contributed by atoms with Crippen molar-refractivity contribution in [3.05, 3.63) is 0 Å². The van der Waals surface area contributed by atoms with Gasteiger partial charge in [-0.2, -0.15) is 0 Å². The Labute approximate surface area is 116 Å². The fourth-order valence-electron chi connectivity index (χ4n) is 2.41. The molecule has 20 heavy (non-hydrogen) atoms. The maximum absolute atomic E-state index is 13.0. The third-order valence-corrected chi connectivity index (χ3v) is 3.85. The van der Waals surface area contributed by atoms with E-state index in [0.29, 0.717) is 19.5 Å². The van der Waals surface area contributed by atoms with Gasteiger partial charge in [0.1, 0.15) is 0 Å². The van der Waals surface area contributed by atoms with Crippen LogP contribution < -0.4 is 11.1 Å². The molecule has 1 saturated heterocycles. The van der Waals surface area contributed by atoms with Crippen molar-refractivity contribution in [2.75, 3.05) is 26.2 Å². The first kappa shape index (κ1) is 15.2. The predicted molar refractivity (Wildman–Crippen MR) is 69.0 cm³/mol. The lowest BCUT2D eigenvalue weighted by molar-refractivity contribution is -0.137. The van der Waals surface area contributed by atoms with Gasteiger partial charge in [0.25, 0.3) is 5.92 Å². The highest BCUT2D eigenvalue weighted by molar-refractivity contribution is 5.83. The highest BCUT2D eigenvalue weighted by Crippen LogP contribution is 2.32. The number of alkyl halides is 2. The average Bonchev–Trinajstić information content (AvgIpc) is 3.29. The van der Waals surface area contributed by atoms with Gasteiger partial charge in [0.15, 0.2) is 0 Å². The molecule has 3 N–H and O–H groups in total. The summed E-state index contributed by atoms with van der Waals surface area (Å²) in [6.07, 6.45) is 3.22. The largest absolute Gasteiger partial charge is 0.350 e. The topological polar surface area (TPSA) is 75.4 Å². The Morgan fingerprint density at radius 2 is 1.95 bits per heavy atom. The zero-order chi connectivity index (χ0) is 14.8. The van der Waals surface area contributed by atoms with E-state index in [1.807, 2.05) is 0 Å². The SMILES string of the molecule is NCC(F)(F)CNC(=O)C1CCCN(C(=O)C2CC2)C1. The minimum atomic E-state index is -3.08. The zero-order valence-electron chi connectivity index (χ0n) is 11.4. The smallest absolute Gasteiger partial charge is 0.277 e. The van der Waals surface area contributed by atoms with Gasteiger partial charge in [-0.3, -0.25) is 9.59 Å². The number of nitrogens with one attached hydrogen (secondary N) is 1. The molecule has 1 heterocycles. The molecule has 5 nitrogen and oxygen atoms in total. The van der Waals surface area contributed by atoms with E-state index in [0.717, 1.165) is 19.3 Å². The van der Waals surface area contributed by atoms with Gasteiger partial charge in [-0.05, 0) is 25.7 Å². The summed E-state index contributed by atoms with van der Waals surface area (Å²) >= 11 is 0. The van der Waals surface area contributed by atoms with Crippen LogP contribution in [-0.2, 0) is 9.59 Å². The molecule has 1 saturated carbocycles. The van der Waals surface area contributed by atoms with E-state index in [9.17, 15) is 18.4 Å². The van der Waals surface area contributed by atoms with Gasteiger partial charge >= 0.3 is 0 Å². The van der Waals surface area contributed by atoms with Crippen LogP contribution in [0.25, 0.3) is 0 Å². The molecule has 0 spiro atoms. The number of hydrogen-bond donors (Lipinski definition) is 2. The molecule has 2 amide bonds. The first-order valence-corrected chi connectivity index (χ1v) is 7.07. The molecule has 1 unspecified atom stereocenters. The minimum Gasteiger partial charge on any atom is -0.350 e. The number of carbonyl (C=O) groups is 2. The molecule has 1 aliphatic heterocycles. The molecule has 0 aromatic heterocycles. The second-order valence-electron chi connectivity index (χ2n) is 5.68. The highest BCUT2D eigenvalue weighted by atomic mass is 19.3. The summed E-state index contributed by atoms with van der Waals surface area (Å²) < 4.78 is 26.0. The third kappa shape index (κ3) is 3.88. The van der Waals surface area contributed by atoms with Crippen LogP contribution in [0.3, 0.4) is 0 Å². The van der Waals surface area contributed by atoms with Crippen molar-refractivity contribution in [2.45, 2.75) is 31.6 Å². The summed E-state index contributed by atoms with van der Waals surface area (Å²) in [7, 11) is 0. The third-order valence-electron chi connectivity index (χ3n) is 3.85. The molecule has 0 bridgehead atoms. The van der Waals surface area contributed by atoms with E-state index in [1.54, 1.807) is 4.90 Å². The fraction of sp³-hybridized carbons (Fsp3) is 0.846. The maximum Gasteiger partial charge on any atom is 0.277 e. The van der Waals surface area contributed by atoms with Crippen molar-refractivity contribution in [1.29, 1.82) is 0 Å². The molecule has 1 aliphatic carbocycles. The molecule has 0 aromatic carbocycles. The number of halogens is 2. The lowest BCUT2D eigenvalue weighted by atomic mass is 9.96. The van der Waals surface area contributed by atoms with Crippen LogP contribution in [0.1, 0.15) is 25.7 Å². The molecule has 1 atom stereocenters. The van der Waals surface area contributed by atoms with E-state index in [1.165, 1.54) is 0 Å². The monoisotopic (exact) mass is 289 g/mol. The van der Waals surface area contributed by atoms with Crippen LogP contribution in [0.2, 0.25) is 0 Å². The number of carbonyl (C=O) groups excluding carboxylic acids is 2. The number of nitrogens with zero attached hydrogens (tertiary/aromatic N) is 1. The first-order chi connectivity index (χ1) is 9.43. The number of amides is 2. The van der Waals surface area contributed by atoms with E-state index in [2.05, 4.69) is 5.32 Å². The van der Waals surface area contributed by atoms with Gasteiger partial charge in [-0.25, -0.2) is 8.78 Å². The molecule has 114 valence electrons. The maximum atomic E-state index is 13.0. The highest BCUT2D eigenvalue weighted by Gasteiger charge is 2.37. The second kappa shape index (κ2) is 6.03. The standard InChI is InChI=1S/C13H21F2N3O2/c14-13(15,7-16)8-17-11(19)10-2-1-5-18(6-10)12(20)9-3-4-9/h9-10H,1-8,16H2,(H,17,19). The van der Waals surface area contributed by atoms with Crippen LogP contribution in [0, 0.1) is 11.8 Å². The molecule has 0 radical (unpaired) electrons. The van der Waals surface area contributed by atoms with Crippen molar-refractivity contribution in [1.82, 2.24) is 10.2 Å². The Kier molecular flexibility index (Phi) is 4.57. The van der Waals surface area contributed by atoms with Crippen molar-refractivity contribution < 1.29 is 18.4 Å². The van der Waals surface area contributed by atoms with Gasteiger partial charge in [-0.1, -0.05) is 0 Å². The Bertz CT molecular complexity index is 386. The Morgan fingerprint density at radius 3 is 2.55 bits per heavy atom. The quantitative estimate of drug-likeness (QED) is 0.766. The molecule has 2 aliphatic rings. The lowest BCUT2D eigenvalue weighted by Gasteiger charge is -2.32. The summed E-state index contributed by atoms with van der Waals surface area (Å²) in [4.78, 5) is 25.5. The minimum absolute atomic E-state index is 0.106. The predicted octanol–water partition coefficient (Wildman–Crippen LogP) is 0.345.